The number of aryl methyl sites for hydroxylation is 1. The Kier molecular flexibility index (Phi) is 2.54. The van der Waals surface area contributed by atoms with Crippen LogP contribution in [-0.2, 0) is 6.54 Å². The summed E-state index contributed by atoms with van der Waals surface area (Å²) in [5, 5.41) is 14.8. The number of hydrogen-bond donors (Lipinski definition) is 1. The summed E-state index contributed by atoms with van der Waals surface area (Å²) in [6.07, 6.45) is 2.25. The number of halogens is 1. The SMILES string of the molecule is CCn1ncc(Cl)c1C(O)C1CC1C. The van der Waals surface area contributed by atoms with E-state index in [2.05, 4.69) is 12.0 Å². The van der Waals surface area contributed by atoms with Crippen molar-refractivity contribution in [2.24, 2.45) is 11.8 Å². The lowest BCUT2D eigenvalue weighted by atomic mass is 10.1. The zero-order valence-corrected chi connectivity index (χ0v) is 9.20. The predicted octanol–water partition coefficient (Wildman–Crippen LogP) is 2.25. The van der Waals surface area contributed by atoms with Gasteiger partial charge in [0.25, 0.3) is 0 Å². The Hall–Kier alpha value is -0.540. The standard InChI is InChI=1S/C10H15ClN2O/c1-3-13-9(8(11)5-12-13)10(14)7-4-6(7)2/h5-7,10,14H,3-4H2,1-2H3. The van der Waals surface area contributed by atoms with Crippen molar-refractivity contribution in [1.29, 1.82) is 0 Å². The summed E-state index contributed by atoms with van der Waals surface area (Å²) in [4.78, 5) is 0. The van der Waals surface area contributed by atoms with E-state index in [0.717, 1.165) is 18.7 Å². The average molecular weight is 215 g/mol. The molecule has 0 spiro atoms. The van der Waals surface area contributed by atoms with Gasteiger partial charge in [-0.25, -0.2) is 0 Å². The highest BCUT2D eigenvalue weighted by molar-refractivity contribution is 6.31. The smallest absolute Gasteiger partial charge is 0.100 e. The Morgan fingerprint density at radius 2 is 2.43 bits per heavy atom. The van der Waals surface area contributed by atoms with Gasteiger partial charge in [0.05, 0.1) is 16.9 Å². The number of aliphatic hydroxyl groups is 1. The predicted molar refractivity (Wildman–Crippen MR) is 55.1 cm³/mol. The largest absolute Gasteiger partial charge is 0.386 e. The van der Waals surface area contributed by atoms with Gasteiger partial charge in [0.2, 0.25) is 0 Å². The van der Waals surface area contributed by atoms with E-state index in [1.165, 1.54) is 0 Å². The van der Waals surface area contributed by atoms with Crippen LogP contribution in [0.4, 0.5) is 0 Å². The zero-order chi connectivity index (χ0) is 10.3. The van der Waals surface area contributed by atoms with Crippen LogP contribution in [-0.4, -0.2) is 14.9 Å². The first kappa shape index (κ1) is 9.99. The molecule has 1 fully saturated rings. The molecular formula is C10H15ClN2O. The molecule has 1 aromatic rings. The van der Waals surface area contributed by atoms with Crippen molar-refractivity contribution in [1.82, 2.24) is 9.78 Å². The monoisotopic (exact) mass is 214 g/mol. The highest BCUT2D eigenvalue weighted by Gasteiger charge is 2.41. The van der Waals surface area contributed by atoms with E-state index in [1.807, 2.05) is 6.92 Å². The maximum atomic E-state index is 10.1. The molecule has 14 heavy (non-hydrogen) atoms. The Balaban J connectivity index is 2.25. The summed E-state index contributed by atoms with van der Waals surface area (Å²) in [6, 6.07) is 0. The second-order valence-corrected chi connectivity index (χ2v) is 4.42. The van der Waals surface area contributed by atoms with Crippen molar-refractivity contribution in [2.45, 2.75) is 32.9 Å². The number of aromatic nitrogens is 2. The van der Waals surface area contributed by atoms with E-state index in [4.69, 9.17) is 11.6 Å². The van der Waals surface area contributed by atoms with Gasteiger partial charge in [0, 0.05) is 6.54 Å². The van der Waals surface area contributed by atoms with Crippen LogP contribution in [0.1, 0.15) is 32.1 Å². The van der Waals surface area contributed by atoms with Gasteiger partial charge in [-0.1, -0.05) is 18.5 Å². The molecule has 0 saturated heterocycles. The van der Waals surface area contributed by atoms with Crippen LogP contribution in [0.2, 0.25) is 5.02 Å². The van der Waals surface area contributed by atoms with Gasteiger partial charge < -0.3 is 5.11 Å². The van der Waals surface area contributed by atoms with Gasteiger partial charge in [0.15, 0.2) is 0 Å². The lowest BCUT2D eigenvalue weighted by molar-refractivity contribution is 0.138. The number of rotatable bonds is 3. The molecule has 3 atom stereocenters. The van der Waals surface area contributed by atoms with Crippen molar-refractivity contribution in [3.63, 3.8) is 0 Å². The van der Waals surface area contributed by atoms with Crippen LogP contribution < -0.4 is 0 Å². The molecule has 1 aliphatic carbocycles. The van der Waals surface area contributed by atoms with Gasteiger partial charge >= 0.3 is 0 Å². The molecule has 3 nitrogen and oxygen atoms in total. The zero-order valence-electron chi connectivity index (χ0n) is 8.44. The second-order valence-electron chi connectivity index (χ2n) is 4.02. The Morgan fingerprint density at radius 1 is 1.79 bits per heavy atom. The topological polar surface area (TPSA) is 38.0 Å². The summed E-state index contributed by atoms with van der Waals surface area (Å²) in [6.45, 7) is 4.89. The number of hydrogen-bond acceptors (Lipinski definition) is 2. The Labute approximate surface area is 88.7 Å². The molecule has 1 saturated carbocycles. The Bertz CT molecular complexity index is 337. The first-order valence-electron chi connectivity index (χ1n) is 5.04. The molecule has 4 heteroatoms. The summed E-state index contributed by atoms with van der Waals surface area (Å²) in [5.74, 6) is 0.982. The van der Waals surface area contributed by atoms with Gasteiger partial charge in [-0.15, -0.1) is 0 Å². The first-order valence-corrected chi connectivity index (χ1v) is 5.42. The van der Waals surface area contributed by atoms with Gasteiger partial charge in [-0.05, 0) is 25.2 Å². The van der Waals surface area contributed by atoms with Crippen molar-refractivity contribution < 1.29 is 5.11 Å². The molecule has 1 N–H and O–H groups in total. The quantitative estimate of drug-likeness (QED) is 0.838. The lowest BCUT2D eigenvalue weighted by Gasteiger charge is -2.12. The van der Waals surface area contributed by atoms with Crippen LogP contribution in [0.5, 0.6) is 0 Å². The van der Waals surface area contributed by atoms with Crippen LogP contribution in [0.25, 0.3) is 0 Å². The molecule has 3 unspecified atom stereocenters. The van der Waals surface area contributed by atoms with E-state index in [9.17, 15) is 5.11 Å². The fraction of sp³-hybridized carbons (Fsp3) is 0.700. The molecule has 0 radical (unpaired) electrons. The first-order chi connectivity index (χ1) is 6.65. The van der Waals surface area contributed by atoms with Gasteiger partial charge in [-0.2, -0.15) is 5.10 Å². The third-order valence-electron chi connectivity index (χ3n) is 2.99. The molecular weight excluding hydrogens is 200 g/mol. The maximum absolute atomic E-state index is 10.1. The van der Waals surface area contributed by atoms with E-state index >= 15 is 0 Å². The summed E-state index contributed by atoms with van der Waals surface area (Å²) >= 11 is 5.99. The van der Waals surface area contributed by atoms with Crippen molar-refractivity contribution in [2.75, 3.05) is 0 Å². The molecule has 1 aromatic heterocycles. The van der Waals surface area contributed by atoms with Crippen LogP contribution in [0.15, 0.2) is 6.20 Å². The lowest BCUT2D eigenvalue weighted by Crippen LogP contribution is -2.10. The van der Waals surface area contributed by atoms with E-state index < -0.39 is 6.10 Å². The average Bonchev–Trinajstić information content (AvgIpc) is 2.76. The van der Waals surface area contributed by atoms with Crippen LogP contribution in [0.3, 0.4) is 0 Å². The minimum atomic E-state index is -0.444. The second kappa shape index (κ2) is 3.55. The molecule has 78 valence electrons. The van der Waals surface area contributed by atoms with Gasteiger partial charge in [-0.3, -0.25) is 4.68 Å². The van der Waals surface area contributed by atoms with Crippen LogP contribution in [0, 0.1) is 11.8 Å². The summed E-state index contributed by atoms with van der Waals surface area (Å²) < 4.78 is 1.78. The highest BCUT2D eigenvalue weighted by atomic mass is 35.5. The van der Waals surface area contributed by atoms with Crippen molar-refractivity contribution >= 4 is 11.6 Å². The van der Waals surface area contributed by atoms with E-state index in [0.29, 0.717) is 16.9 Å². The third-order valence-corrected chi connectivity index (χ3v) is 3.28. The molecule has 0 amide bonds. The maximum Gasteiger partial charge on any atom is 0.100 e. The van der Waals surface area contributed by atoms with E-state index in [1.54, 1.807) is 10.9 Å². The number of aliphatic hydroxyl groups excluding tert-OH is 1. The third kappa shape index (κ3) is 1.55. The summed E-state index contributed by atoms with van der Waals surface area (Å²) in [7, 11) is 0. The molecule has 1 heterocycles. The molecule has 0 aromatic carbocycles. The van der Waals surface area contributed by atoms with Crippen LogP contribution >= 0.6 is 11.6 Å². The molecule has 2 rings (SSSR count). The molecule has 0 aliphatic heterocycles. The minimum Gasteiger partial charge on any atom is -0.386 e. The Morgan fingerprint density at radius 3 is 2.93 bits per heavy atom. The fourth-order valence-corrected chi connectivity index (χ4v) is 2.16. The molecule has 0 bridgehead atoms. The van der Waals surface area contributed by atoms with Crippen molar-refractivity contribution in [3.8, 4) is 0 Å². The fourth-order valence-electron chi connectivity index (χ4n) is 1.91. The summed E-state index contributed by atoms with van der Waals surface area (Å²) in [5.41, 5.74) is 0.781. The number of nitrogens with zero attached hydrogens (tertiary/aromatic N) is 2. The normalized spacial score (nSPS) is 27.7. The van der Waals surface area contributed by atoms with Gasteiger partial charge in [0.1, 0.15) is 6.10 Å². The molecule has 1 aliphatic rings. The van der Waals surface area contributed by atoms with E-state index in [-0.39, 0.29) is 0 Å². The highest BCUT2D eigenvalue weighted by Crippen LogP contribution is 2.47. The van der Waals surface area contributed by atoms with Crippen molar-refractivity contribution in [3.05, 3.63) is 16.9 Å². The minimum absolute atomic E-state index is 0.370.